The van der Waals surface area contributed by atoms with Gasteiger partial charge in [-0.3, -0.25) is 14.5 Å². The number of likely N-dealkylation sites (tertiary alicyclic amines) is 1. The summed E-state index contributed by atoms with van der Waals surface area (Å²) < 4.78 is 0.741. The van der Waals surface area contributed by atoms with E-state index in [1.165, 1.54) is 89.9 Å². The SMILES string of the molecule is CCCCCCCCCCCCCCCCCC(=O)NCC[N+](C)(C)CN1CCCCC1=O.[Cl-]. The van der Waals surface area contributed by atoms with Crippen LogP contribution in [0, 0.1) is 0 Å². The van der Waals surface area contributed by atoms with Crippen LogP contribution >= 0.6 is 0 Å². The summed E-state index contributed by atoms with van der Waals surface area (Å²) in [5.74, 6) is 0.461. The summed E-state index contributed by atoms with van der Waals surface area (Å²) in [5.41, 5.74) is 0. The number of amides is 2. The number of quaternary nitrogens is 1. The van der Waals surface area contributed by atoms with Gasteiger partial charge in [-0.15, -0.1) is 0 Å². The number of rotatable bonds is 21. The fraction of sp³-hybridized carbons (Fsp3) is 0.929. The molecule has 0 bridgehead atoms. The lowest BCUT2D eigenvalue weighted by Crippen LogP contribution is -3.00. The third kappa shape index (κ3) is 18.5. The number of piperidine rings is 1. The smallest absolute Gasteiger partial charge is 0.226 e. The average molecular weight is 502 g/mol. The third-order valence-electron chi connectivity index (χ3n) is 7.02. The van der Waals surface area contributed by atoms with Crippen molar-refractivity contribution in [3.05, 3.63) is 0 Å². The van der Waals surface area contributed by atoms with Gasteiger partial charge in [0.1, 0.15) is 0 Å². The first kappa shape index (κ1) is 33.2. The summed E-state index contributed by atoms with van der Waals surface area (Å²) in [6.07, 6.45) is 23.7. The van der Waals surface area contributed by atoms with Crippen LogP contribution in [0.2, 0.25) is 0 Å². The number of nitrogens with zero attached hydrogens (tertiary/aromatic N) is 2. The highest BCUT2D eigenvalue weighted by atomic mass is 35.5. The Morgan fingerprint density at radius 3 is 1.82 bits per heavy atom. The summed E-state index contributed by atoms with van der Waals surface area (Å²) in [6, 6.07) is 0. The molecule has 0 spiro atoms. The van der Waals surface area contributed by atoms with E-state index in [4.69, 9.17) is 0 Å². The van der Waals surface area contributed by atoms with Crippen molar-refractivity contribution in [2.75, 3.05) is 40.4 Å². The molecule has 1 saturated heterocycles. The van der Waals surface area contributed by atoms with Crippen molar-refractivity contribution in [3.8, 4) is 0 Å². The first-order chi connectivity index (χ1) is 15.9. The van der Waals surface area contributed by atoms with E-state index in [1.54, 1.807) is 0 Å². The zero-order chi connectivity index (χ0) is 24.2. The second-order valence-electron chi connectivity index (χ2n) is 11.0. The quantitative estimate of drug-likeness (QED) is 0.193. The Morgan fingerprint density at radius 2 is 1.32 bits per heavy atom. The molecule has 202 valence electrons. The molecule has 1 fully saturated rings. The van der Waals surface area contributed by atoms with Gasteiger partial charge < -0.3 is 22.2 Å². The normalized spacial score (nSPS) is 14.2. The van der Waals surface area contributed by atoms with Gasteiger partial charge >= 0.3 is 0 Å². The maximum atomic E-state index is 12.1. The van der Waals surface area contributed by atoms with E-state index in [2.05, 4.69) is 26.3 Å². The second-order valence-corrected chi connectivity index (χ2v) is 11.0. The highest BCUT2D eigenvalue weighted by Crippen LogP contribution is 2.14. The van der Waals surface area contributed by atoms with Gasteiger partial charge in [0.15, 0.2) is 6.67 Å². The highest BCUT2D eigenvalue weighted by molar-refractivity contribution is 5.76. The lowest BCUT2D eigenvalue weighted by atomic mass is 10.0. The molecule has 1 N–H and O–H groups in total. The van der Waals surface area contributed by atoms with Crippen LogP contribution in [0.1, 0.15) is 129 Å². The van der Waals surface area contributed by atoms with Gasteiger partial charge in [-0.2, -0.15) is 0 Å². The lowest BCUT2D eigenvalue weighted by Gasteiger charge is -2.37. The second kappa shape index (κ2) is 21.5. The zero-order valence-electron chi connectivity index (χ0n) is 22.9. The van der Waals surface area contributed by atoms with Gasteiger partial charge in [0, 0.05) is 19.4 Å². The van der Waals surface area contributed by atoms with E-state index in [9.17, 15) is 9.59 Å². The molecular formula is C28H56ClN3O2. The van der Waals surface area contributed by atoms with Gasteiger partial charge in [-0.1, -0.05) is 96.8 Å². The molecule has 0 atom stereocenters. The number of carbonyl (C=O) groups is 2. The van der Waals surface area contributed by atoms with Crippen molar-refractivity contribution >= 4 is 11.8 Å². The molecule has 34 heavy (non-hydrogen) atoms. The first-order valence-corrected chi connectivity index (χ1v) is 14.3. The Hall–Kier alpha value is -0.810. The lowest BCUT2D eigenvalue weighted by molar-refractivity contribution is -0.897. The topological polar surface area (TPSA) is 49.4 Å². The maximum Gasteiger partial charge on any atom is 0.226 e. The summed E-state index contributed by atoms with van der Waals surface area (Å²) in [4.78, 5) is 26.1. The monoisotopic (exact) mass is 501 g/mol. The minimum absolute atomic E-state index is 0. The zero-order valence-corrected chi connectivity index (χ0v) is 23.6. The number of halogens is 1. The number of carbonyl (C=O) groups excluding carboxylic acids is 2. The van der Waals surface area contributed by atoms with Crippen molar-refractivity contribution in [1.29, 1.82) is 0 Å². The van der Waals surface area contributed by atoms with Gasteiger partial charge in [-0.05, 0) is 19.3 Å². The minimum Gasteiger partial charge on any atom is -1.00 e. The van der Waals surface area contributed by atoms with Gasteiger partial charge in [0.25, 0.3) is 0 Å². The van der Waals surface area contributed by atoms with Crippen molar-refractivity contribution in [3.63, 3.8) is 0 Å². The van der Waals surface area contributed by atoms with Crippen molar-refractivity contribution in [1.82, 2.24) is 10.2 Å². The summed E-state index contributed by atoms with van der Waals surface area (Å²) in [6.45, 7) is 5.45. The van der Waals surface area contributed by atoms with E-state index in [0.29, 0.717) is 19.4 Å². The van der Waals surface area contributed by atoms with Crippen LogP contribution < -0.4 is 17.7 Å². The van der Waals surface area contributed by atoms with Crippen molar-refractivity contribution in [2.24, 2.45) is 0 Å². The summed E-state index contributed by atoms with van der Waals surface area (Å²) in [7, 11) is 4.28. The molecule has 0 aromatic rings. The minimum atomic E-state index is 0. The van der Waals surface area contributed by atoms with E-state index >= 15 is 0 Å². The molecule has 6 heteroatoms. The number of hydrogen-bond donors (Lipinski definition) is 1. The Bertz CT molecular complexity index is 514. The van der Waals surface area contributed by atoms with Crippen molar-refractivity contribution in [2.45, 2.75) is 129 Å². The Labute approximate surface area is 217 Å². The first-order valence-electron chi connectivity index (χ1n) is 14.3. The molecule has 0 aromatic heterocycles. The predicted molar refractivity (Wildman–Crippen MR) is 140 cm³/mol. The van der Waals surface area contributed by atoms with Crippen LogP contribution in [-0.4, -0.2) is 61.6 Å². The molecule has 1 rings (SSSR count). The molecule has 1 aliphatic heterocycles. The maximum absolute atomic E-state index is 12.1. The van der Waals surface area contributed by atoms with Crippen LogP contribution in [0.25, 0.3) is 0 Å². The van der Waals surface area contributed by atoms with Crippen LogP contribution in [0.3, 0.4) is 0 Å². The molecular weight excluding hydrogens is 446 g/mol. The molecule has 1 aliphatic rings. The van der Waals surface area contributed by atoms with Gasteiger partial charge in [0.2, 0.25) is 11.8 Å². The molecule has 5 nitrogen and oxygen atoms in total. The van der Waals surface area contributed by atoms with E-state index < -0.39 is 0 Å². The Balaban J connectivity index is 0.0000109. The molecule has 0 aromatic carbocycles. The average Bonchev–Trinajstić information content (AvgIpc) is 2.77. The van der Waals surface area contributed by atoms with Crippen LogP contribution in [0.15, 0.2) is 0 Å². The molecule has 0 unspecified atom stereocenters. The number of likely N-dealkylation sites (N-methyl/N-ethyl adjacent to an activating group) is 1. The van der Waals surface area contributed by atoms with E-state index in [-0.39, 0.29) is 24.2 Å². The summed E-state index contributed by atoms with van der Waals surface area (Å²) >= 11 is 0. The van der Waals surface area contributed by atoms with Gasteiger partial charge in [-0.25, -0.2) is 0 Å². The number of nitrogens with one attached hydrogen (secondary N) is 1. The van der Waals surface area contributed by atoms with Crippen LogP contribution in [0.5, 0.6) is 0 Å². The molecule has 0 radical (unpaired) electrons. The molecule has 0 aliphatic carbocycles. The number of hydrogen-bond acceptors (Lipinski definition) is 2. The van der Waals surface area contributed by atoms with Crippen LogP contribution in [-0.2, 0) is 9.59 Å². The standard InChI is InChI=1S/C28H55N3O2.ClH/c1-4-5-6-7-8-9-10-11-12-13-14-15-16-17-18-21-27(32)29-23-25-31(2,3)26-30-24-20-19-22-28(30)33;/h4-26H2,1-3H3;1H. The van der Waals surface area contributed by atoms with E-state index in [0.717, 1.165) is 43.5 Å². The molecule has 2 amide bonds. The molecule has 1 heterocycles. The van der Waals surface area contributed by atoms with Crippen LogP contribution in [0.4, 0.5) is 0 Å². The third-order valence-corrected chi connectivity index (χ3v) is 7.02. The Kier molecular flexibility index (Phi) is 21.0. The Morgan fingerprint density at radius 1 is 0.824 bits per heavy atom. The fourth-order valence-corrected chi connectivity index (χ4v) is 4.79. The molecule has 0 saturated carbocycles. The predicted octanol–water partition coefficient (Wildman–Crippen LogP) is 3.41. The number of unbranched alkanes of at least 4 members (excludes halogenated alkanes) is 14. The highest BCUT2D eigenvalue weighted by Gasteiger charge is 2.25. The largest absolute Gasteiger partial charge is 1.00 e. The van der Waals surface area contributed by atoms with Crippen molar-refractivity contribution < 1.29 is 26.5 Å². The fourth-order valence-electron chi connectivity index (χ4n) is 4.79. The van der Waals surface area contributed by atoms with Gasteiger partial charge in [0.05, 0.1) is 27.2 Å². The summed E-state index contributed by atoms with van der Waals surface area (Å²) in [5, 5.41) is 3.08. The van der Waals surface area contributed by atoms with E-state index in [1.807, 2.05) is 4.90 Å².